The van der Waals surface area contributed by atoms with Crippen molar-refractivity contribution in [3.05, 3.63) is 0 Å². The summed E-state index contributed by atoms with van der Waals surface area (Å²) >= 11 is 1.87. The number of aliphatic imine (C=N–C) groups is 1. The molecule has 0 amide bonds. The van der Waals surface area contributed by atoms with Crippen molar-refractivity contribution in [2.45, 2.75) is 44.0 Å². The van der Waals surface area contributed by atoms with Crippen LogP contribution in [0.25, 0.3) is 0 Å². The summed E-state index contributed by atoms with van der Waals surface area (Å²) < 4.78 is 42.1. The predicted molar refractivity (Wildman–Crippen MR) is 85.6 cm³/mol. The summed E-state index contributed by atoms with van der Waals surface area (Å²) in [7, 11) is 0. The number of halogens is 3. The van der Waals surface area contributed by atoms with Gasteiger partial charge < -0.3 is 15.4 Å². The van der Waals surface area contributed by atoms with Gasteiger partial charge in [0.1, 0.15) is 0 Å². The molecule has 0 aromatic heterocycles. The van der Waals surface area contributed by atoms with Crippen LogP contribution >= 0.6 is 11.8 Å². The van der Waals surface area contributed by atoms with Gasteiger partial charge in [-0.05, 0) is 25.5 Å². The van der Waals surface area contributed by atoms with Gasteiger partial charge in [0.15, 0.2) is 5.96 Å². The second kappa shape index (κ2) is 9.50. The van der Waals surface area contributed by atoms with Crippen molar-refractivity contribution >= 4 is 17.7 Å². The second-order valence-electron chi connectivity index (χ2n) is 5.22. The van der Waals surface area contributed by atoms with Crippen molar-refractivity contribution in [3.8, 4) is 0 Å². The Bertz CT molecular complexity index is 339. The van der Waals surface area contributed by atoms with Crippen LogP contribution in [0.5, 0.6) is 0 Å². The highest BCUT2D eigenvalue weighted by Crippen LogP contribution is 2.35. The molecule has 1 heterocycles. The van der Waals surface area contributed by atoms with Crippen molar-refractivity contribution in [1.29, 1.82) is 0 Å². The zero-order valence-corrected chi connectivity index (χ0v) is 14.1. The second-order valence-corrected chi connectivity index (χ2v) is 6.95. The summed E-state index contributed by atoms with van der Waals surface area (Å²) in [6.45, 7) is 6.50. The smallest absolute Gasteiger partial charge is 0.381 e. The Labute approximate surface area is 134 Å². The lowest BCUT2D eigenvalue weighted by molar-refractivity contribution is -0.132. The van der Waals surface area contributed by atoms with Crippen LogP contribution in [0.2, 0.25) is 0 Å². The number of thioether (sulfide) groups is 1. The monoisotopic (exact) mass is 341 g/mol. The Balaban J connectivity index is 2.58. The van der Waals surface area contributed by atoms with Crippen molar-refractivity contribution in [3.63, 3.8) is 0 Å². The number of rotatable bonds is 7. The minimum Gasteiger partial charge on any atom is -0.381 e. The maximum Gasteiger partial charge on any atom is 0.390 e. The maximum absolute atomic E-state index is 12.2. The Kier molecular flexibility index (Phi) is 8.38. The number of ether oxygens (including phenoxy) is 1. The molecule has 0 aromatic rings. The molecule has 1 saturated heterocycles. The van der Waals surface area contributed by atoms with Gasteiger partial charge in [-0.1, -0.05) is 6.92 Å². The molecule has 130 valence electrons. The summed E-state index contributed by atoms with van der Waals surface area (Å²) in [5.74, 6) is 1.45. The van der Waals surface area contributed by atoms with E-state index in [2.05, 4.69) is 22.5 Å². The SMILES string of the molecule is CCNC(=NCC1(SCC)CCOCC1)NCCC(F)(F)F. The number of nitrogens with zero attached hydrogens (tertiary/aromatic N) is 1. The van der Waals surface area contributed by atoms with E-state index in [0.717, 1.165) is 31.8 Å². The van der Waals surface area contributed by atoms with E-state index in [-0.39, 0.29) is 11.3 Å². The number of nitrogens with one attached hydrogen (secondary N) is 2. The normalized spacial score (nSPS) is 19.0. The van der Waals surface area contributed by atoms with E-state index in [0.29, 0.717) is 19.0 Å². The number of hydrogen-bond acceptors (Lipinski definition) is 3. The van der Waals surface area contributed by atoms with Crippen LogP contribution < -0.4 is 10.6 Å². The van der Waals surface area contributed by atoms with E-state index >= 15 is 0 Å². The van der Waals surface area contributed by atoms with Crippen LogP contribution in [0.15, 0.2) is 4.99 Å². The fraction of sp³-hybridized carbons (Fsp3) is 0.929. The maximum atomic E-state index is 12.2. The molecule has 4 nitrogen and oxygen atoms in total. The lowest BCUT2D eigenvalue weighted by Crippen LogP contribution is -2.42. The number of alkyl halides is 3. The predicted octanol–water partition coefficient (Wildman–Crippen LogP) is 2.80. The lowest BCUT2D eigenvalue weighted by Gasteiger charge is -2.35. The average molecular weight is 341 g/mol. The van der Waals surface area contributed by atoms with Crippen LogP contribution in [-0.4, -0.2) is 55.5 Å². The third kappa shape index (κ3) is 7.58. The van der Waals surface area contributed by atoms with E-state index in [1.807, 2.05) is 18.7 Å². The number of guanidine groups is 1. The summed E-state index contributed by atoms with van der Waals surface area (Å²) in [6.07, 6.45) is -3.15. The van der Waals surface area contributed by atoms with Crippen molar-refractivity contribution in [2.24, 2.45) is 4.99 Å². The summed E-state index contributed by atoms with van der Waals surface area (Å²) in [4.78, 5) is 4.50. The molecule has 0 unspecified atom stereocenters. The van der Waals surface area contributed by atoms with Gasteiger partial charge in [0.2, 0.25) is 0 Å². The van der Waals surface area contributed by atoms with Crippen LogP contribution in [0, 0.1) is 0 Å². The summed E-state index contributed by atoms with van der Waals surface area (Å²) in [6, 6.07) is 0. The van der Waals surface area contributed by atoms with E-state index in [1.54, 1.807) is 0 Å². The molecule has 0 saturated carbocycles. The Morgan fingerprint density at radius 1 is 1.23 bits per heavy atom. The first-order chi connectivity index (χ1) is 10.4. The van der Waals surface area contributed by atoms with Gasteiger partial charge in [-0.25, -0.2) is 0 Å². The van der Waals surface area contributed by atoms with E-state index in [1.165, 1.54) is 0 Å². The van der Waals surface area contributed by atoms with Crippen LogP contribution in [0.4, 0.5) is 13.2 Å². The molecule has 0 spiro atoms. The Hall–Kier alpha value is -0.630. The van der Waals surface area contributed by atoms with Crippen LogP contribution in [-0.2, 0) is 4.74 Å². The fourth-order valence-corrected chi connectivity index (χ4v) is 3.51. The molecule has 2 N–H and O–H groups in total. The molecule has 1 aliphatic heterocycles. The van der Waals surface area contributed by atoms with Crippen molar-refractivity contribution in [1.82, 2.24) is 10.6 Å². The average Bonchev–Trinajstić information content (AvgIpc) is 2.45. The molecule has 22 heavy (non-hydrogen) atoms. The standard InChI is InChI=1S/C14H26F3N3OS/c1-3-18-12(19-8-5-14(15,16)17)20-11-13(22-4-2)6-9-21-10-7-13/h3-11H2,1-2H3,(H2,18,19,20). The van der Waals surface area contributed by atoms with Crippen LogP contribution in [0.3, 0.4) is 0 Å². The summed E-state index contributed by atoms with van der Waals surface area (Å²) in [5.41, 5.74) is 0. The molecule has 0 radical (unpaired) electrons. The minimum absolute atomic E-state index is 0.0411. The fourth-order valence-electron chi connectivity index (χ4n) is 2.29. The van der Waals surface area contributed by atoms with Crippen molar-refractivity contribution in [2.75, 3.05) is 38.6 Å². The minimum atomic E-state index is -4.15. The van der Waals surface area contributed by atoms with Gasteiger partial charge in [-0.15, -0.1) is 0 Å². The molecule has 0 bridgehead atoms. The molecule has 0 atom stereocenters. The van der Waals surface area contributed by atoms with Gasteiger partial charge in [0, 0.05) is 31.1 Å². The Morgan fingerprint density at radius 3 is 2.45 bits per heavy atom. The summed E-state index contributed by atoms with van der Waals surface area (Å²) in [5, 5.41) is 5.75. The zero-order chi connectivity index (χ0) is 16.5. The van der Waals surface area contributed by atoms with Gasteiger partial charge in [0.05, 0.1) is 13.0 Å². The Morgan fingerprint density at radius 2 is 1.91 bits per heavy atom. The molecular formula is C14H26F3N3OS. The lowest BCUT2D eigenvalue weighted by atomic mass is 9.99. The van der Waals surface area contributed by atoms with Crippen molar-refractivity contribution < 1.29 is 17.9 Å². The van der Waals surface area contributed by atoms with Gasteiger partial charge >= 0.3 is 6.18 Å². The first-order valence-electron chi connectivity index (χ1n) is 7.71. The topological polar surface area (TPSA) is 45.7 Å². The number of hydrogen-bond donors (Lipinski definition) is 2. The third-order valence-electron chi connectivity index (χ3n) is 3.43. The van der Waals surface area contributed by atoms with Gasteiger partial charge in [0.25, 0.3) is 0 Å². The van der Waals surface area contributed by atoms with E-state index in [9.17, 15) is 13.2 Å². The highest BCUT2D eigenvalue weighted by Gasteiger charge is 2.32. The first-order valence-corrected chi connectivity index (χ1v) is 8.70. The highest BCUT2D eigenvalue weighted by atomic mass is 32.2. The molecule has 0 aliphatic carbocycles. The van der Waals surface area contributed by atoms with Gasteiger partial charge in [-0.3, -0.25) is 4.99 Å². The molecule has 1 rings (SSSR count). The third-order valence-corrected chi connectivity index (χ3v) is 4.86. The van der Waals surface area contributed by atoms with Crippen LogP contribution in [0.1, 0.15) is 33.1 Å². The zero-order valence-electron chi connectivity index (χ0n) is 13.3. The molecule has 1 fully saturated rings. The molecular weight excluding hydrogens is 315 g/mol. The molecule has 0 aromatic carbocycles. The molecule has 1 aliphatic rings. The quantitative estimate of drug-likeness (QED) is 0.552. The highest BCUT2D eigenvalue weighted by molar-refractivity contribution is 8.00. The molecule has 8 heteroatoms. The van der Waals surface area contributed by atoms with E-state index in [4.69, 9.17) is 4.74 Å². The largest absolute Gasteiger partial charge is 0.390 e. The van der Waals surface area contributed by atoms with E-state index < -0.39 is 12.6 Å². The first kappa shape index (κ1) is 19.4. The van der Waals surface area contributed by atoms with Gasteiger partial charge in [-0.2, -0.15) is 24.9 Å².